The first-order valence-electron chi connectivity index (χ1n) is 12.1. The lowest BCUT2D eigenvalue weighted by atomic mass is 9.92. The summed E-state index contributed by atoms with van der Waals surface area (Å²) in [6.07, 6.45) is 14.4. The van der Waals surface area contributed by atoms with E-state index in [1.807, 2.05) is 12.1 Å². The second-order valence-corrected chi connectivity index (χ2v) is 8.31. The summed E-state index contributed by atoms with van der Waals surface area (Å²) in [7, 11) is 0. The molecule has 0 saturated carbocycles. The monoisotopic (exact) mass is 410 g/mol. The lowest BCUT2D eigenvalue weighted by molar-refractivity contribution is 0.292. The number of aryl methyl sites for hydroxylation is 2. The molecule has 0 unspecified atom stereocenters. The average Bonchev–Trinajstić information content (AvgIpc) is 2.78. The van der Waals surface area contributed by atoms with Crippen molar-refractivity contribution in [3.63, 3.8) is 0 Å². The third kappa shape index (κ3) is 6.72. The van der Waals surface area contributed by atoms with Gasteiger partial charge in [-0.15, -0.1) is 0 Å². The van der Waals surface area contributed by atoms with E-state index in [0.29, 0.717) is 0 Å². The molecule has 0 aliphatic heterocycles. The van der Waals surface area contributed by atoms with Gasteiger partial charge in [-0.3, -0.25) is 0 Å². The fourth-order valence-corrected chi connectivity index (χ4v) is 4.00. The zero-order valence-electron chi connectivity index (χ0n) is 18.9. The van der Waals surface area contributed by atoms with Crippen LogP contribution in [0.2, 0.25) is 0 Å². The van der Waals surface area contributed by atoms with Gasteiger partial charge in [-0.2, -0.15) is 0 Å². The van der Waals surface area contributed by atoms with E-state index in [4.69, 9.17) is 19.4 Å². The van der Waals surface area contributed by atoms with Crippen LogP contribution in [-0.2, 0) is 12.8 Å². The number of nitrogens with zero attached hydrogens (tertiary/aromatic N) is 2. The Kier molecular flexibility index (Phi) is 9.46. The minimum atomic E-state index is 0.746. The Morgan fingerprint density at radius 1 is 0.600 bits per heavy atom. The van der Waals surface area contributed by atoms with Gasteiger partial charge in [0.25, 0.3) is 0 Å². The first-order chi connectivity index (χ1) is 14.8. The van der Waals surface area contributed by atoms with E-state index in [-0.39, 0.29) is 0 Å². The minimum absolute atomic E-state index is 0.746. The van der Waals surface area contributed by atoms with E-state index >= 15 is 0 Å². The Morgan fingerprint density at radius 3 is 1.57 bits per heavy atom. The van der Waals surface area contributed by atoms with Gasteiger partial charge >= 0.3 is 0 Å². The van der Waals surface area contributed by atoms with Crippen molar-refractivity contribution in [2.24, 2.45) is 0 Å². The molecule has 0 atom stereocenters. The van der Waals surface area contributed by atoms with Crippen molar-refractivity contribution in [1.29, 1.82) is 0 Å². The highest BCUT2D eigenvalue weighted by atomic mass is 16.5. The van der Waals surface area contributed by atoms with Gasteiger partial charge in [0.15, 0.2) is 0 Å². The van der Waals surface area contributed by atoms with Crippen molar-refractivity contribution in [2.75, 3.05) is 13.2 Å². The Balaban J connectivity index is 1.49. The SMILES string of the molecule is CCCCCCCCCOc1ccc2c(n1)CCc1nc(OCCCCC)ccc1-2. The Hall–Kier alpha value is -2.10. The topological polar surface area (TPSA) is 44.2 Å². The number of hydrogen-bond donors (Lipinski definition) is 0. The molecule has 164 valence electrons. The van der Waals surface area contributed by atoms with Crippen LogP contribution in [0.15, 0.2) is 24.3 Å². The van der Waals surface area contributed by atoms with Crippen LogP contribution < -0.4 is 9.47 Å². The summed E-state index contributed by atoms with van der Waals surface area (Å²) in [6.45, 7) is 5.97. The molecular formula is C26H38N2O2. The molecule has 0 fully saturated rings. The van der Waals surface area contributed by atoms with Gasteiger partial charge in [0.2, 0.25) is 11.8 Å². The van der Waals surface area contributed by atoms with Gasteiger partial charge in [-0.1, -0.05) is 65.2 Å². The second kappa shape index (κ2) is 12.6. The fourth-order valence-electron chi connectivity index (χ4n) is 4.00. The molecular weight excluding hydrogens is 372 g/mol. The van der Waals surface area contributed by atoms with Crippen LogP contribution in [0.3, 0.4) is 0 Å². The largest absolute Gasteiger partial charge is 0.478 e. The average molecular weight is 411 g/mol. The number of rotatable bonds is 14. The third-order valence-corrected chi connectivity index (χ3v) is 5.78. The number of unbranched alkanes of at least 4 members (excludes halogenated alkanes) is 8. The summed E-state index contributed by atoms with van der Waals surface area (Å²) in [5.41, 5.74) is 4.61. The van der Waals surface area contributed by atoms with E-state index in [2.05, 4.69) is 26.0 Å². The van der Waals surface area contributed by atoms with E-state index in [0.717, 1.165) is 62.0 Å². The maximum atomic E-state index is 5.92. The lowest BCUT2D eigenvalue weighted by Gasteiger charge is -2.19. The summed E-state index contributed by atoms with van der Waals surface area (Å²) in [6, 6.07) is 8.27. The number of fused-ring (bicyclic) bond motifs is 3. The molecule has 1 aliphatic rings. The van der Waals surface area contributed by atoms with Crippen LogP contribution in [0.1, 0.15) is 89.4 Å². The maximum absolute atomic E-state index is 5.92. The second-order valence-electron chi connectivity index (χ2n) is 8.31. The van der Waals surface area contributed by atoms with Gasteiger partial charge < -0.3 is 9.47 Å². The Morgan fingerprint density at radius 2 is 1.03 bits per heavy atom. The van der Waals surface area contributed by atoms with Crippen molar-refractivity contribution in [3.05, 3.63) is 35.7 Å². The van der Waals surface area contributed by atoms with Gasteiger partial charge in [-0.25, -0.2) is 9.97 Å². The zero-order chi connectivity index (χ0) is 21.0. The van der Waals surface area contributed by atoms with Crippen LogP contribution >= 0.6 is 0 Å². The van der Waals surface area contributed by atoms with Crippen molar-refractivity contribution in [1.82, 2.24) is 9.97 Å². The van der Waals surface area contributed by atoms with Crippen molar-refractivity contribution < 1.29 is 9.47 Å². The molecule has 1 aliphatic carbocycles. The molecule has 0 bridgehead atoms. The van der Waals surface area contributed by atoms with Crippen molar-refractivity contribution in [2.45, 2.75) is 90.9 Å². The third-order valence-electron chi connectivity index (χ3n) is 5.78. The number of aromatic nitrogens is 2. The van der Waals surface area contributed by atoms with E-state index in [1.165, 1.54) is 62.5 Å². The van der Waals surface area contributed by atoms with Crippen LogP contribution in [0.5, 0.6) is 11.8 Å². The molecule has 2 aromatic heterocycles. The molecule has 0 spiro atoms. The van der Waals surface area contributed by atoms with Crippen LogP contribution in [0.4, 0.5) is 0 Å². The fraction of sp³-hybridized carbons (Fsp3) is 0.615. The molecule has 2 heterocycles. The van der Waals surface area contributed by atoms with E-state index < -0.39 is 0 Å². The maximum Gasteiger partial charge on any atom is 0.213 e. The van der Waals surface area contributed by atoms with E-state index in [1.54, 1.807) is 0 Å². The van der Waals surface area contributed by atoms with Crippen LogP contribution in [-0.4, -0.2) is 23.2 Å². The Bertz CT molecular complexity index is 776. The summed E-state index contributed by atoms with van der Waals surface area (Å²) in [4.78, 5) is 9.53. The number of hydrogen-bond acceptors (Lipinski definition) is 4. The highest BCUT2D eigenvalue weighted by Crippen LogP contribution is 2.34. The molecule has 0 radical (unpaired) electrons. The normalized spacial score (nSPS) is 12.3. The molecule has 0 aromatic carbocycles. The van der Waals surface area contributed by atoms with Gasteiger partial charge in [0.1, 0.15) is 0 Å². The highest BCUT2D eigenvalue weighted by molar-refractivity contribution is 5.71. The predicted octanol–water partition coefficient (Wildman–Crippen LogP) is 6.94. The molecule has 30 heavy (non-hydrogen) atoms. The summed E-state index contributed by atoms with van der Waals surface area (Å²) >= 11 is 0. The predicted molar refractivity (Wildman–Crippen MR) is 123 cm³/mol. The highest BCUT2D eigenvalue weighted by Gasteiger charge is 2.19. The summed E-state index contributed by atoms with van der Waals surface area (Å²) < 4.78 is 11.8. The molecule has 4 heteroatoms. The van der Waals surface area contributed by atoms with Crippen molar-refractivity contribution in [3.8, 4) is 22.9 Å². The molecule has 2 aromatic rings. The zero-order valence-corrected chi connectivity index (χ0v) is 18.9. The molecule has 0 N–H and O–H groups in total. The van der Waals surface area contributed by atoms with Gasteiger partial charge in [-0.05, 0) is 37.8 Å². The molecule has 4 nitrogen and oxygen atoms in total. The van der Waals surface area contributed by atoms with Gasteiger partial charge in [0.05, 0.1) is 24.6 Å². The Labute approximate surface area is 182 Å². The van der Waals surface area contributed by atoms with Crippen LogP contribution in [0, 0.1) is 0 Å². The molecule has 3 rings (SSSR count). The standard InChI is InChI=1S/C26H38N2O2/c1-3-5-7-8-9-10-12-20-30-26-18-14-22-21-13-17-25(29-19-11-6-4-2)27-23(21)15-16-24(22)28-26/h13-14,17-18H,3-12,15-16,19-20H2,1-2H3. The first kappa shape index (κ1) is 22.6. The summed E-state index contributed by atoms with van der Waals surface area (Å²) in [5.74, 6) is 1.50. The smallest absolute Gasteiger partial charge is 0.213 e. The molecule has 0 saturated heterocycles. The summed E-state index contributed by atoms with van der Waals surface area (Å²) in [5, 5.41) is 0. The van der Waals surface area contributed by atoms with E-state index in [9.17, 15) is 0 Å². The number of pyridine rings is 2. The van der Waals surface area contributed by atoms with Gasteiger partial charge in [0, 0.05) is 23.3 Å². The first-order valence-corrected chi connectivity index (χ1v) is 12.1. The lowest BCUT2D eigenvalue weighted by Crippen LogP contribution is -2.10. The van der Waals surface area contributed by atoms with Crippen molar-refractivity contribution >= 4 is 0 Å². The minimum Gasteiger partial charge on any atom is -0.478 e. The van der Waals surface area contributed by atoms with Crippen LogP contribution in [0.25, 0.3) is 11.1 Å². The molecule has 0 amide bonds. The quantitative estimate of drug-likeness (QED) is 0.316. The number of ether oxygens (including phenoxy) is 2.